The summed E-state index contributed by atoms with van der Waals surface area (Å²) < 4.78 is 15.8. The van der Waals surface area contributed by atoms with Gasteiger partial charge in [-0.25, -0.2) is 9.79 Å². The van der Waals surface area contributed by atoms with E-state index >= 15 is 0 Å². The number of aromatic nitrogens is 3. The Morgan fingerprint density at radius 2 is 1.91 bits per heavy atom. The zero-order valence-electron chi connectivity index (χ0n) is 25.5. The third-order valence-electron chi connectivity index (χ3n) is 7.98. The van der Waals surface area contributed by atoms with E-state index in [0.29, 0.717) is 32.8 Å². The Morgan fingerprint density at radius 1 is 1.09 bits per heavy atom. The lowest BCUT2D eigenvalue weighted by Gasteiger charge is -2.28. The molecule has 1 unspecified atom stereocenters. The fourth-order valence-corrected chi connectivity index (χ4v) is 7.10. The molecule has 3 aromatic heterocycles. The van der Waals surface area contributed by atoms with Crippen molar-refractivity contribution in [3.8, 4) is 11.4 Å². The van der Waals surface area contributed by atoms with Crippen LogP contribution in [-0.2, 0) is 9.53 Å². The molecular weight excluding hydrogens is 572 g/mol. The molecule has 0 saturated carbocycles. The van der Waals surface area contributed by atoms with Gasteiger partial charge in [0.2, 0.25) is 0 Å². The van der Waals surface area contributed by atoms with Crippen LogP contribution in [0.15, 0.2) is 88.0 Å². The first-order chi connectivity index (χ1) is 21.4. The standard InChI is InChI=1S/C35H34N4O4S/c1-6-11-27-31(34(41)43-7-2)32(30-26-14-9-8-12-23(26)15-16-28(30)42-5)39-33(40)29(44-35(39)37-27)19-24-18-21(3)38(22(24)4)25-13-10-17-36-20-25/h8-10,12-20,32H,6-7,11H2,1-5H3/b29-19-. The van der Waals surface area contributed by atoms with Gasteiger partial charge >= 0.3 is 5.97 Å². The van der Waals surface area contributed by atoms with E-state index in [2.05, 4.69) is 15.6 Å². The van der Waals surface area contributed by atoms with Gasteiger partial charge in [0.25, 0.3) is 5.56 Å². The summed E-state index contributed by atoms with van der Waals surface area (Å²) in [5.41, 5.74) is 5.42. The highest BCUT2D eigenvalue weighted by Crippen LogP contribution is 2.41. The van der Waals surface area contributed by atoms with Gasteiger partial charge in [-0.05, 0) is 73.9 Å². The molecule has 5 aromatic rings. The fourth-order valence-electron chi connectivity index (χ4n) is 6.09. The largest absolute Gasteiger partial charge is 0.496 e. The topological polar surface area (TPSA) is 87.7 Å². The minimum absolute atomic E-state index is 0.206. The number of fused-ring (bicyclic) bond motifs is 2. The van der Waals surface area contributed by atoms with Crippen LogP contribution < -0.4 is 19.6 Å². The number of pyridine rings is 1. The first-order valence-corrected chi connectivity index (χ1v) is 15.6. The zero-order valence-corrected chi connectivity index (χ0v) is 26.3. The second-order valence-corrected chi connectivity index (χ2v) is 11.7. The average Bonchev–Trinajstić information content (AvgIpc) is 3.49. The molecule has 0 fully saturated rings. The molecule has 0 N–H and O–H groups in total. The first-order valence-electron chi connectivity index (χ1n) is 14.7. The number of benzene rings is 2. The normalized spacial score (nSPS) is 14.9. The number of thiazole rings is 1. The number of allylic oxidation sites excluding steroid dienone is 1. The second kappa shape index (κ2) is 12.1. The summed E-state index contributed by atoms with van der Waals surface area (Å²) in [6.07, 6.45) is 6.83. The smallest absolute Gasteiger partial charge is 0.338 e. The van der Waals surface area contributed by atoms with E-state index in [1.54, 1.807) is 24.8 Å². The molecule has 44 heavy (non-hydrogen) atoms. The summed E-state index contributed by atoms with van der Waals surface area (Å²) >= 11 is 1.33. The van der Waals surface area contributed by atoms with Gasteiger partial charge < -0.3 is 14.0 Å². The third-order valence-corrected chi connectivity index (χ3v) is 8.96. The van der Waals surface area contributed by atoms with Crippen LogP contribution in [0.1, 0.15) is 55.2 Å². The van der Waals surface area contributed by atoms with E-state index in [4.69, 9.17) is 14.5 Å². The number of hydrogen-bond acceptors (Lipinski definition) is 7. The van der Waals surface area contributed by atoms with Crippen molar-refractivity contribution in [1.82, 2.24) is 14.1 Å². The van der Waals surface area contributed by atoms with Gasteiger partial charge in [-0.15, -0.1) is 0 Å². The number of methoxy groups -OCH3 is 1. The fraction of sp³-hybridized carbons (Fsp3) is 0.257. The van der Waals surface area contributed by atoms with E-state index < -0.39 is 12.0 Å². The highest BCUT2D eigenvalue weighted by Gasteiger charge is 2.37. The highest BCUT2D eigenvalue weighted by molar-refractivity contribution is 7.07. The maximum Gasteiger partial charge on any atom is 0.338 e. The molecule has 2 aromatic carbocycles. The molecule has 0 saturated heterocycles. The molecule has 1 aliphatic heterocycles. The number of aryl methyl sites for hydroxylation is 1. The van der Waals surface area contributed by atoms with Gasteiger partial charge in [-0.3, -0.25) is 14.3 Å². The number of esters is 1. The quantitative estimate of drug-likeness (QED) is 0.217. The van der Waals surface area contributed by atoms with Crippen molar-refractivity contribution in [2.75, 3.05) is 13.7 Å². The van der Waals surface area contributed by atoms with Crippen molar-refractivity contribution in [3.05, 3.63) is 120 Å². The summed E-state index contributed by atoms with van der Waals surface area (Å²) in [6, 6.07) is 17.0. The van der Waals surface area contributed by atoms with E-state index in [-0.39, 0.29) is 12.2 Å². The van der Waals surface area contributed by atoms with Gasteiger partial charge in [0, 0.05) is 23.1 Å². The Bertz CT molecular complexity index is 2100. The van der Waals surface area contributed by atoms with Crippen LogP contribution in [0.5, 0.6) is 5.75 Å². The summed E-state index contributed by atoms with van der Waals surface area (Å²) in [5.74, 6) is 0.108. The Balaban J connectivity index is 1.65. The van der Waals surface area contributed by atoms with Crippen LogP contribution >= 0.6 is 11.3 Å². The highest BCUT2D eigenvalue weighted by atomic mass is 32.1. The molecule has 0 spiro atoms. The number of nitrogens with zero attached hydrogens (tertiary/aromatic N) is 4. The Hall–Kier alpha value is -4.76. The molecule has 1 atom stereocenters. The van der Waals surface area contributed by atoms with Crippen molar-refractivity contribution < 1.29 is 14.3 Å². The van der Waals surface area contributed by atoms with Crippen LogP contribution in [0, 0.1) is 13.8 Å². The molecule has 0 aliphatic carbocycles. The van der Waals surface area contributed by atoms with Crippen LogP contribution in [-0.4, -0.2) is 33.8 Å². The monoisotopic (exact) mass is 606 g/mol. The van der Waals surface area contributed by atoms with Gasteiger partial charge in [-0.1, -0.05) is 55.0 Å². The predicted molar refractivity (Wildman–Crippen MR) is 173 cm³/mol. The van der Waals surface area contributed by atoms with Crippen molar-refractivity contribution in [2.24, 2.45) is 4.99 Å². The maximum absolute atomic E-state index is 14.5. The SMILES string of the molecule is CCCC1=C(C(=O)OCC)C(c2c(OC)ccc3ccccc23)n2c(s/c(=C\c3cc(C)n(-c4cccnc4)c3C)c2=O)=N1. The van der Waals surface area contributed by atoms with Crippen LogP contribution in [0.25, 0.3) is 22.5 Å². The molecule has 4 heterocycles. The second-order valence-electron chi connectivity index (χ2n) is 10.7. The molecule has 224 valence electrons. The van der Waals surface area contributed by atoms with Gasteiger partial charge in [0.1, 0.15) is 11.8 Å². The number of carbonyl (C=O) groups is 1. The maximum atomic E-state index is 14.5. The predicted octanol–water partition coefficient (Wildman–Crippen LogP) is 5.54. The van der Waals surface area contributed by atoms with E-state index in [9.17, 15) is 9.59 Å². The lowest BCUT2D eigenvalue weighted by atomic mass is 9.90. The minimum Gasteiger partial charge on any atom is -0.496 e. The molecule has 9 heteroatoms. The Kier molecular flexibility index (Phi) is 8.05. The van der Waals surface area contributed by atoms with E-state index in [0.717, 1.165) is 45.4 Å². The van der Waals surface area contributed by atoms with Gasteiger partial charge in [-0.2, -0.15) is 0 Å². The molecular formula is C35H34N4O4S. The van der Waals surface area contributed by atoms with Crippen molar-refractivity contribution in [1.29, 1.82) is 0 Å². The van der Waals surface area contributed by atoms with Crippen molar-refractivity contribution in [2.45, 2.75) is 46.6 Å². The van der Waals surface area contributed by atoms with Crippen LogP contribution in [0.4, 0.5) is 0 Å². The molecule has 1 aliphatic rings. The van der Waals surface area contributed by atoms with Crippen molar-refractivity contribution >= 4 is 34.2 Å². The Labute approximate surface area is 259 Å². The van der Waals surface area contributed by atoms with Gasteiger partial charge in [0.05, 0.1) is 41.4 Å². The van der Waals surface area contributed by atoms with E-state index in [1.165, 1.54) is 11.3 Å². The molecule has 6 rings (SSSR count). The van der Waals surface area contributed by atoms with Gasteiger partial charge in [0.15, 0.2) is 4.80 Å². The zero-order chi connectivity index (χ0) is 31.0. The lowest BCUT2D eigenvalue weighted by Crippen LogP contribution is -2.40. The molecule has 0 radical (unpaired) electrons. The third kappa shape index (κ3) is 4.97. The number of carbonyl (C=O) groups excluding carboxylic acids is 1. The summed E-state index contributed by atoms with van der Waals surface area (Å²) in [6.45, 7) is 8.10. The molecule has 0 amide bonds. The first kappa shape index (κ1) is 29.3. The van der Waals surface area contributed by atoms with Crippen LogP contribution in [0.2, 0.25) is 0 Å². The van der Waals surface area contributed by atoms with Crippen LogP contribution in [0.3, 0.4) is 0 Å². The summed E-state index contributed by atoms with van der Waals surface area (Å²) in [7, 11) is 1.61. The minimum atomic E-state index is -0.780. The number of hydrogen-bond donors (Lipinski definition) is 0. The number of ether oxygens (including phenoxy) is 2. The number of rotatable bonds is 8. The molecule has 8 nitrogen and oxygen atoms in total. The lowest BCUT2D eigenvalue weighted by molar-refractivity contribution is -0.139. The average molecular weight is 607 g/mol. The molecule has 0 bridgehead atoms. The van der Waals surface area contributed by atoms with Crippen molar-refractivity contribution in [3.63, 3.8) is 0 Å². The summed E-state index contributed by atoms with van der Waals surface area (Å²) in [5, 5.41) is 1.87. The van der Waals surface area contributed by atoms with E-state index in [1.807, 2.05) is 81.6 Å². The Morgan fingerprint density at radius 3 is 2.64 bits per heavy atom. The summed E-state index contributed by atoms with van der Waals surface area (Å²) in [4.78, 5) is 37.9.